The SMILES string of the molecule is CCCCC(Oc1ccc(N2CCN(C3CCNCC3)C(=O)C2=O)cc1)C(=O)OC(C)=O.Cl. The summed E-state index contributed by atoms with van der Waals surface area (Å²) in [5.41, 5.74) is 0.595. The summed E-state index contributed by atoms with van der Waals surface area (Å²) in [6, 6.07) is 6.78. The second kappa shape index (κ2) is 12.6. The van der Waals surface area contributed by atoms with Crippen LogP contribution in [-0.2, 0) is 23.9 Å². The van der Waals surface area contributed by atoms with E-state index >= 15 is 0 Å². The number of unbranched alkanes of at least 4 members (excludes halogenated alkanes) is 1. The van der Waals surface area contributed by atoms with Crippen LogP contribution in [-0.4, -0.2) is 67.0 Å². The van der Waals surface area contributed by atoms with Crippen molar-refractivity contribution in [1.29, 1.82) is 0 Å². The van der Waals surface area contributed by atoms with Gasteiger partial charge in [-0.05, 0) is 63.0 Å². The van der Waals surface area contributed by atoms with Gasteiger partial charge in [0, 0.05) is 31.7 Å². The lowest BCUT2D eigenvalue weighted by atomic mass is 10.0. The van der Waals surface area contributed by atoms with Crippen molar-refractivity contribution in [2.24, 2.45) is 0 Å². The summed E-state index contributed by atoms with van der Waals surface area (Å²) < 4.78 is 10.4. The van der Waals surface area contributed by atoms with Gasteiger partial charge in [0.15, 0.2) is 6.10 Å². The summed E-state index contributed by atoms with van der Waals surface area (Å²) in [6.07, 6.45) is 2.86. The molecular formula is C23H32ClN3O6. The number of ether oxygens (including phenoxy) is 2. The number of piperazine rings is 1. The Balaban J connectivity index is 0.00000385. The standard InChI is InChI=1S/C23H31N3O6.ClH/c1-3-4-5-20(23(30)31-16(2)27)32-19-8-6-17(7-9-19)25-14-15-26(22(29)21(25)28)18-10-12-24-13-11-18;/h6-9,18,20,24H,3-5,10-15H2,1-2H3;1H. The molecule has 0 spiro atoms. The van der Waals surface area contributed by atoms with Crippen LogP contribution < -0.4 is 15.0 Å². The van der Waals surface area contributed by atoms with Crippen LogP contribution in [0.5, 0.6) is 5.75 Å². The average molecular weight is 482 g/mol. The minimum absolute atomic E-state index is 0. The molecule has 1 aromatic carbocycles. The highest BCUT2D eigenvalue weighted by atomic mass is 35.5. The van der Waals surface area contributed by atoms with Gasteiger partial charge < -0.3 is 24.6 Å². The van der Waals surface area contributed by atoms with Crippen molar-refractivity contribution in [1.82, 2.24) is 10.2 Å². The molecule has 1 unspecified atom stereocenters. The molecule has 10 heteroatoms. The Bertz CT molecular complexity index is 841. The number of esters is 2. The zero-order valence-corrected chi connectivity index (χ0v) is 19.9. The fourth-order valence-corrected chi connectivity index (χ4v) is 4.05. The van der Waals surface area contributed by atoms with Gasteiger partial charge in [0.25, 0.3) is 0 Å². The summed E-state index contributed by atoms with van der Waals surface area (Å²) in [5, 5.41) is 3.27. The normalized spacial score (nSPS) is 17.9. The first kappa shape index (κ1) is 26.6. The Kier molecular flexibility index (Phi) is 10.1. The van der Waals surface area contributed by atoms with Crippen molar-refractivity contribution in [3.05, 3.63) is 24.3 Å². The highest BCUT2D eigenvalue weighted by molar-refractivity contribution is 6.41. The third-order valence-electron chi connectivity index (χ3n) is 5.76. The minimum atomic E-state index is -0.888. The van der Waals surface area contributed by atoms with Crippen LogP contribution in [0.2, 0.25) is 0 Å². The first-order chi connectivity index (χ1) is 15.4. The quantitative estimate of drug-likeness (QED) is 0.344. The molecule has 2 aliphatic rings. The van der Waals surface area contributed by atoms with E-state index in [1.165, 1.54) is 11.8 Å². The molecule has 1 atom stereocenters. The summed E-state index contributed by atoms with van der Waals surface area (Å²) in [6.45, 7) is 5.81. The van der Waals surface area contributed by atoms with Crippen molar-refractivity contribution in [2.45, 2.75) is 58.1 Å². The lowest BCUT2D eigenvalue weighted by Gasteiger charge is -2.40. The predicted octanol–water partition coefficient (Wildman–Crippen LogP) is 2.06. The molecule has 1 N–H and O–H groups in total. The molecule has 2 fully saturated rings. The zero-order valence-electron chi connectivity index (χ0n) is 19.1. The van der Waals surface area contributed by atoms with E-state index in [0.29, 0.717) is 30.9 Å². The van der Waals surface area contributed by atoms with E-state index in [-0.39, 0.29) is 18.4 Å². The number of carbonyl (C=O) groups excluding carboxylic acids is 4. The monoisotopic (exact) mass is 481 g/mol. The van der Waals surface area contributed by atoms with Crippen molar-refractivity contribution < 1.29 is 28.7 Å². The third kappa shape index (κ3) is 6.91. The van der Waals surface area contributed by atoms with Crippen molar-refractivity contribution >= 4 is 41.8 Å². The van der Waals surface area contributed by atoms with Crippen LogP contribution in [0.3, 0.4) is 0 Å². The molecule has 2 aliphatic heterocycles. The van der Waals surface area contributed by atoms with E-state index in [1.54, 1.807) is 29.2 Å². The molecular weight excluding hydrogens is 450 g/mol. The van der Waals surface area contributed by atoms with Gasteiger partial charge in [0.05, 0.1) is 0 Å². The van der Waals surface area contributed by atoms with E-state index in [4.69, 9.17) is 4.74 Å². The van der Waals surface area contributed by atoms with E-state index in [9.17, 15) is 19.2 Å². The van der Waals surface area contributed by atoms with Gasteiger partial charge in [-0.25, -0.2) is 4.79 Å². The number of amides is 2. The smallest absolute Gasteiger partial charge is 0.354 e. The molecule has 1 aromatic rings. The molecule has 0 bridgehead atoms. The first-order valence-corrected chi connectivity index (χ1v) is 11.2. The maximum atomic E-state index is 12.7. The lowest BCUT2D eigenvalue weighted by Crippen LogP contribution is -2.59. The topological polar surface area (TPSA) is 105 Å². The number of hydrogen-bond acceptors (Lipinski definition) is 7. The minimum Gasteiger partial charge on any atom is -0.479 e. The summed E-state index contributed by atoms with van der Waals surface area (Å²) in [7, 11) is 0. The Labute approximate surface area is 200 Å². The van der Waals surface area contributed by atoms with Gasteiger partial charge in [-0.1, -0.05) is 13.3 Å². The van der Waals surface area contributed by atoms with Crippen LogP contribution >= 0.6 is 12.4 Å². The van der Waals surface area contributed by atoms with Gasteiger partial charge in [0.2, 0.25) is 0 Å². The largest absolute Gasteiger partial charge is 0.479 e. The number of piperidine rings is 1. The number of rotatable bonds is 8. The van der Waals surface area contributed by atoms with Crippen LogP contribution in [0.25, 0.3) is 0 Å². The maximum absolute atomic E-state index is 12.7. The Morgan fingerprint density at radius 1 is 1.09 bits per heavy atom. The van der Waals surface area contributed by atoms with E-state index in [1.807, 2.05) is 6.92 Å². The second-order valence-electron chi connectivity index (χ2n) is 8.09. The number of halogens is 1. The number of anilines is 1. The van der Waals surface area contributed by atoms with Crippen LogP contribution in [0.1, 0.15) is 46.0 Å². The molecule has 0 radical (unpaired) electrons. The van der Waals surface area contributed by atoms with Crippen molar-refractivity contribution in [3.8, 4) is 5.75 Å². The van der Waals surface area contributed by atoms with Gasteiger partial charge in [-0.3, -0.25) is 14.4 Å². The molecule has 2 heterocycles. The fourth-order valence-electron chi connectivity index (χ4n) is 4.05. The number of nitrogens with one attached hydrogen (secondary N) is 1. The predicted molar refractivity (Wildman–Crippen MR) is 124 cm³/mol. The molecule has 0 aromatic heterocycles. The number of carbonyl (C=O) groups is 4. The fraction of sp³-hybridized carbons (Fsp3) is 0.565. The van der Waals surface area contributed by atoms with E-state index in [0.717, 1.165) is 38.8 Å². The Hall–Kier alpha value is -2.65. The maximum Gasteiger partial charge on any atom is 0.354 e. The highest BCUT2D eigenvalue weighted by Crippen LogP contribution is 2.25. The van der Waals surface area contributed by atoms with Gasteiger partial charge in [-0.2, -0.15) is 0 Å². The molecule has 182 valence electrons. The average Bonchev–Trinajstić information content (AvgIpc) is 2.79. The molecule has 9 nitrogen and oxygen atoms in total. The zero-order chi connectivity index (χ0) is 23.1. The first-order valence-electron chi connectivity index (χ1n) is 11.2. The lowest BCUT2D eigenvalue weighted by molar-refractivity contribution is -0.163. The summed E-state index contributed by atoms with van der Waals surface area (Å²) in [5.74, 6) is -1.97. The summed E-state index contributed by atoms with van der Waals surface area (Å²) >= 11 is 0. The highest BCUT2D eigenvalue weighted by Gasteiger charge is 2.37. The van der Waals surface area contributed by atoms with Crippen LogP contribution in [0, 0.1) is 0 Å². The molecule has 3 rings (SSSR count). The number of nitrogens with zero attached hydrogens (tertiary/aromatic N) is 2. The molecule has 2 saturated heterocycles. The molecule has 2 amide bonds. The van der Waals surface area contributed by atoms with Gasteiger partial charge in [-0.15, -0.1) is 12.4 Å². The van der Waals surface area contributed by atoms with Gasteiger partial charge >= 0.3 is 23.8 Å². The Morgan fingerprint density at radius 3 is 2.36 bits per heavy atom. The van der Waals surface area contributed by atoms with E-state index in [2.05, 4.69) is 10.1 Å². The molecule has 33 heavy (non-hydrogen) atoms. The number of hydrogen-bond donors (Lipinski definition) is 1. The number of benzene rings is 1. The third-order valence-corrected chi connectivity index (χ3v) is 5.76. The Morgan fingerprint density at radius 2 is 1.76 bits per heavy atom. The van der Waals surface area contributed by atoms with E-state index < -0.39 is 29.9 Å². The van der Waals surface area contributed by atoms with Gasteiger partial charge in [0.1, 0.15) is 5.75 Å². The second-order valence-corrected chi connectivity index (χ2v) is 8.09. The summed E-state index contributed by atoms with van der Waals surface area (Å²) in [4.78, 5) is 51.9. The van der Waals surface area contributed by atoms with Crippen LogP contribution in [0.4, 0.5) is 5.69 Å². The molecule has 0 saturated carbocycles. The van der Waals surface area contributed by atoms with Crippen LogP contribution in [0.15, 0.2) is 24.3 Å². The molecule has 0 aliphatic carbocycles. The van der Waals surface area contributed by atoms with Crippen molar-refractivity contribution in [2.75, 3.05) is 31.1 Å². The van der Waals surface area contributed by atoms with Crippen molar-refractivity contribution in [3.63, 3.8) is 0 Å².